The molecule has 1 aliphatic heterocycles. The zero-order valence-corrected chi connectivity index (χ0v) is 12.6. The molecule has 1 aromatic carbocycles. The molecule has 2 N–H and O–H groups in total. The number of halogens is 1. The first-order chi connectivity index (χ1) is 10.1. The third-order valence-corrected chi connectivity index (χ3v) is 3.68. The normalized spacial score (nSPS) is 13.3. The summed E-state index contributed by atoms with van der Waals surface area (Å²) < 4.78 is 0.614. The van der Waals surface area contributed by atoms with Crippen LogP contribution in [0.5, 0.6) is 0 Å². The zero-order valence-electron chi connectivity index (χ0n) is 11.0. The van der Waals surface area contributed by atoms with Crippen molar-refractivity contribution in [1.82, 2.24) is 4.98 Å². The number of pyridine rings is 1. The number of hydrogen-bond donors (Lipinski definition) is 2. The minimum Gasteiger partial charge on any atom is -0.326 e. The van der Waals surface area contributed by atoms with Crippen molar-refractivity contribution in [1.29, 1.82) is 0 Å². The maximum absolute atomic E-state index is 12.2. The summed E-state index contributed by atoms with van der Waals surface area (Å²) in [5.41, 5.74) is 3.09. The van der Waals surface area contributed by atoms with Gasteiger partial charge in [-0.1, -0.05) is 0 Å². The lowest BCUT2D eigenvalue weighted by Gasteiger charge is -2.17. The van der Waals surface area contributed by atoms with Gasteiger partial charge in [0.25, 0.3) is 5.91 Å². The first-order valence-corrected chi connectivity index (χ1v) is 7.27. The second-order valence-corrected chi connectivity index (χ2v) is 5.55. The van der Waals surface area contributed by atoms with E-state index in [4.69, 9.17) is 0 Å². The molecule has 3 rings (SSSR count). The van der Waals surface area contributed by atoms with Gasteiger partial charge < -0.3 is 10.6 Å². The summed E-state index contributed by atoms with van der Waals surface area (Å²) in [5, 5.41) is 5.66. The molecule has 0 atom stereocenters. The number of nitrogens with one attached hydrogen (secondary N) is 2. The van der Waals surface area contributed by atoms with Crippen molar-refractivity contribution in [2.45, 2.75) is 12.8 Å². The van der Waals surface area contributed by atoms with Crippen LogP contribution in [-0.2, 0) is 11.2 Å². The average Bonchev–Trinajstić information content (AvgIpc) is 2.47. The summed E-state index contributed by atoms with van der Waals surface area (Å²) in [6, 6.07) is 8.79. The van der Waals surface area contributed by atoms with Gasteiger partial charge in [-0.2, -0.15) is 0 Å². The fourth-order valence-electron chi connectivity index (χ4n) is 2.21. The summed E-state index contributed by atoms with van der Waals surface area (Å²) in [6.07, 6.45) is 2.73. The van der Waals surface area contributed by atoms with Crippen molar-refractivity contribution in [3.63, 3.8) is 0 Å². The van der Waals surface area contributed by atoms with Crippen LogP contribution in [0, 0.1) is 0 Å². The van der Waals surface area contributed by atoms with Crippen LogP contribution in [0.1, 0.15) is 22.3 Å². The Balaban J connectivity index is 1.79. The fraction of sp³-hybridized carbons (Fsp3) is 0.133. The van der Waals surface area contributed by atoms with E-state index in [1.807, 2.05) is 12.1 Å². The van der Waals surface area contributed by atoms with Crippen LogP contribution in [0.4, 0.5) is 11.4 Å². The van der Waals surface area contributed by atoms with Crippen LogP contribution in [-0.4, -0.2) is 16.8 Å². The van der Waals surface area contributed by atoms with E-state index in [2.05, 4.69) is 31.5 Å². The summed E-state index contributed by atoms with van der Waals surface area (Å²) in [4.78, 5) is 27.5. The zero-order chi connectivity index (χ0) is 14.8. The summed E-state index contributed by atoms with van der Waals surface area (Å²) in [7, 11) is 0. The molecule has 0 radical (unpaired) electrons. The van der Waals surface area contributed by atoms with E-state index in [9.17, 15) is 9.59 Å². The topological polar surface area (TPSA) is 71.1 Å². The molecule has 0 bridgehead atoms. The second-order valence-electron chi connectivity index (χ2n) is 4.74. The molecule has 6 heteroatoms. The quantitative estimate of drug-likeness (QED) is 0.822. The third kappa shape index (κ3) is 3.11. The Labute approximate surface area is 129 Å². The summed E-state index contributed by atoms with van der Waals surface area (Å²) in [5.74, 6) is -0.168. The molecule has 2 amide bonds. The molecule has 0 saturated carbocycles. The van der Waals surface area contributed by atoms with Gasteiger partial charge in [-0.15, -0.1) is 0 Å². The van der Waals surface area contributed by atoms with Crippen LogP contribution in [0.15, 0.2) is 41.1 Å². The van der Waals surface area contributed by atoms with E-state index in [1.54, 1.807) is 24.4 Å². The number of aromatic nitrogens is 1. The van der Waals surface area contributed by atoms with Crippen molar-refractivity contribution in [3.05, 3.63) is 52.3 Å². The molecule has 2 aromatic rings. The molecule has 21 heavy (non-hydrogen) atoms. The third-order valence-electron chi connectivity index (χ3n) is 3.25. The van der Waals surface area contributed by atoms with Gasteiger partial charge in [-0.25, -0.2) is 4.98 Å². The average molecular weight is 346 g/mol. The van der Waals surface area contributed by atoms with E-state index >= 15 is 0 Å². The lowest BCUT2D eigenvalue weighted by atomic mass is 10.0. The number of benzene rings is 1. The molecule has 0 spiro atoms. The number of carbonyl (C=O) groups is 2. The Bertz CT molecular complexity index is 731. The Morgan fingerprint density at radius 1 is 1.24 bits per heavy atom. The van der Waals surface area contributed by atoms with Crippen molar-refractivity contribution in [2.24, 2.45) is 0 Å². The molecule has 1 aliphatic rings. The van der Waals surface area contributed by atoms with Crippen LogP contribution < -0.4 is 10.6 Å². The SMILES string of the molecule is O=C1CCc2cc(NC(=O)c3ccnc(Br)c3)ccc2N1. The highest BCUT2D eigenvalue weighted by molar-refractivity contribution is 9.10. The highest BCUT2D eigenvalue weighted by Gasteiger charge is 2.15. The smallest absolute Gasteiger partial charge is 0.255 e. The van der Waals surface area contributed by atoms with E-state index in [1.165, 1.54) is 0 Å². The molecular weight excluding hydrogens is 334 g/mol. The van der Waals surface area contributed by atoms with E-state index < -0.39 is 0 Å². The van der Waals surface area contributed by atoms with Gasteiger partial charge in [0, 0.05) is 29.6 Å². The number of amides is 2. The maximum Gasteiger partial charge on any atom is 0.255 e. The Hall–Kier alpha value is -2.21. The fourth-order valence-corrected chi connectivity index (χ4v) is 2.57. The first kappa shape index (κ1) is 13.8. The van der Waals surface area contributed by atoms with Crippen molar-refractivity contribution < 1.29 is 9.59 Å². The lowest BCUT2D eigenvalue weighted by Crippen LogP contribution is -2.19. The highest BCUT2D eigenvalue weighted by Crippen LogP contribution is 2.26. The number of fused-ring (bicyclic) bond motifs is 1. The molecule has 2 heterocycles. The van der Waals surface area contributed by atoms with E-state index in [-0.39, 0.29) is 11.8 Å². The van der Waals surface area contributed by atoms with Crippen LogP contribution >= 0.6 is 15.9 Å². The van der Waals surface area contributed by atoms with Crippen molar-refractivity contribution in [3.8, 4) is 0 Å². The van der Waals surface area contributed by atoms with Gasteiger partial charge in [0.1, 0.15) is 4.60 Å². The van der Waals surface area contributed by atoms with E-state index in [0.717, 1.165) is 11.3 Å². The minimum atomic E-state index is -0.196. The van der Waals surface area contributed by atoms with Gasteiger partial charge in [0.15, 0.2) is 0 Å². The molecule has 106 valence electrons. The second kappa shape index (κ2) is 5.65. The van der Waals surface area contributed by atoms with Gasteiger partial charge in [0.05, 0.1) is 0 Å². The molecule has 5 nitrogen and oxygen atoms in total. The molecule has 0 unspecified atom stereocenters. The molecule has 1 aromatic heterocycles. The number of carbonyl (C=O) groups excluding carboxylic acids is 2. The van der Waals surface area contributed by atoms with Crippen LogP contribution in [0.3, 0.4) is 0 Å². The monoisotopic (exact) mass is 345 g/mol. The van der Waals surface area contributed by atoms with E-state index in [0.29, 0.717) is 28.7 Å². The number of nitrogens with zero attached hydrogens (tertiary/aromatic N) is 1. The maximum atomic E-state index is 12.2. The highest BCUT2D eigenvalue weighted by atomic mass is 79.9. The molecule has 0 saturated heterocycles. The van der Waals surface area contributed by atoms with Crippen molar-refractivity contribution in [2.75, 3.05) is 10.6 Å². The van der Waals surface area contributed by atoms with Crippen LogP contribution in [0.25, 0.3) is 0 Å². The number of rotatable bonds is 2. The Morgan fingerprint density at radius 2 is 2.10 bits per heavy atom. The summed E-state index contributed by atoms with van der Waals surface area (Å²) >= 11 is 3.24. The van der Waals surface area contributed by atoms with Crippen molar-refractivity contribution >= 4 is 39.1 Å². The lowest BCUT2D eigenvalue weighted by molar-refractivity contribution is -0.116. The van der Waals surface area contributed by atoms with Gasteiger partial charge in [-0.05, 0) is 58.2 Å². The minimum absolute atomic E-state index is 0.0286. The standard InChI is InChI=1S/C15H12BrN3O2/c16-13-8-10(5-6-17-13)15(21)18-11-2-3-12-9(7-11)1-4-14(20)19-12/h2-3,5-8H,1,4H2,(H,18,21)(H,19,20). The predicted octanol–water partition coefficient (Wildman–Crippen LogP) is 2.98. The Morgan fingerprint density at radius 3 is 2.90 bits per heavy atom. The number of anilines is 2. The number of hydrogen-bond acceptors (Lipinski definition) is 3. The Kier molecular flexibility index (Phi) is 3.70. The van der Waals surface area contributed by atoms with Gasteiger partial charge in [0.2, 0.25) is 5.91 Å². The molecule has 0 aliphatic carbocycles. The first-order valence-electron chi connectivity index (χ1n) is 6.47. The summed E-state index contributed by atoms with van der Waals surface area (Å²) in [6.45, 7) is 0. The molecular formula is C15H12BrN3O2. The largest absolute Gasteiger partial charge is 0.326 e. The van der Waals surface area contributed by atoms with Crippen LogP contribution in [0.2, 0.25) is 0 Å². The van der Waals surface area contributed by atoms with Gasteiger partial charge >= 0.3 is 0 Å². The van der Waals surface area contributed by atoms with Gasteiger partial charge in [-0.3, -0.25) is 9.59 Å². The molecule has 0 fully saturated rings. The predicted molar refractivity (Wildman–Crippen MR) is 83.3 cm³/mol. The number of aryl methyl sites for hydroxylation is 1.